The molecule has 4 rings (SSSR count). The Morgan fingerprint density at radius 1 is 0.897 bits per heavy atom. The van der Waals surface area contributed by atoms with Crippen molar-refractivity contribution in [2.45, 2.75) is 32.1 Å². The summed E-state index contributed by atoms with van der Waals surface area (Å²) in [6.45, 7) is 2.17. The monoisotopic (exact) mass is 393 g/mol. The molecular weight excluding hydrogens is 366 g/mol. The van der Waals surface area contributed by atoms with Crippen LogP contribution in [0.15, 0.2) is 48.5 Å². The van der Waals surface area contributed by atoms with Crippen molar-refractivity contribution in [2.75, 3.05) is 35.7 Å². The first kappa shape index (κ1) is 19.3. The van der Waals surface area contributed by atoms with E-state index in [-0.39, 0.29) is 11.8 Å². The Kier molecular flexibility index (Phi) is 5.43. The van der Waals surface area contributed by atoms with Crippen LogP contribution in [0, 0.1) is 5.41 Å². The summed E-state index contributed by atoms with van der Waals surface area (Å²) in [5.74, 6) is 0.141. The lowest BCUT2D eigenvalue weighted by molar-refractivity contribution is -0.131. The zero-order valence-electron chi connectivity index (χ0n) is 16.7. The normalized spacial score (nSPS) is 17.3. The van der Waals surface area contributed by atoms with Crippen molar-refractivity contribution >= 4 is 28.9 Å². The number of anilines is 3. The van der Waals surface area contributed by atoms with Crippen molar-refractivity contribution in [3.05, 3.63) is 48.5 Å². The van der Waals surface area contributed by atoms with E-state index in [9.17, 15) is 9.59 Å². The quantitative estimate of drug-likeness (QED) is 0.727. The predicted molar refractivity (Wildman–Crippen MR) is 114 cm³/mol. The molecule has 0 aromatic heterocycles. The molecule has 1 aliphatic heterocycles. The van der Waals surface area contributed by atoms with Gasteiger partial charge in [-0.05, 0) is 68.5 Å². The van der Waals surface area contributed by atoms with Gasteiger partial charge in [0.15, 0.2) is 0 Å². The van der Waals surface area contributed by atoms with Crippen molar-refractivity contribution in [1.29, 1.82) is 0 Å². The fourth-order valence-electron chi connectivity index (χ4n) is 3.79. The third-order valence-corrected chi connectivity index (χ3v) is 5.79. The molecule has 0 spiro atoms. The van der Waals surface area contributed by atoms with E-state index in [1.165, 1.54) is 24.9 Å². The molecule has 6 nitrogen and oxygen atoms in total. The van der Waals surface area contributed by atoms with E-state index in [1.807, 2.05) is 30.3 Å². The van der Waals surface area contributed by atoms with Crippen LogP contribution in [0.2, 0.25) is 0 Å². The summed E-state index contributed by atoms with van der Waals surface area (Å²) in [6.07, 6.45) is 4.86. The number of ether oxygens (including phenoxy) is 1. The number of hydrogen-bond donors (Lipinski definition) is 2. The molecule has 2 aromatic rings. The number of nitrogens with zero attached hydrogens (tertiary/aromatic N) is 1. The zero-order valence-corrected chi connectivity index (χ0v) is 16.7. The van der Waals surface area contributed by atoms with E-state index >= 15 is 0 Å². The number of carbonyl (C=O) groups is 2. The van der Waals surface area contributed by atoms with Gasteiger partial charge in [0.1, 0.15) is 11.2 Å². The number of carbonyl (C=O) groups excluding carboxylic acids is 2. The highest BCUT2D eigenvalue weighted by Crippen LogP contribution is 2.47. The summed E-state index contributed by atoms with van der Waals surface area (Å²) >= 11 is 0. The molecule has 0 unspecified atom stereocenters. The second-order valence-corrected chi connectivity index (χ2v) is 7.82. The van der Waals surface area contributed by atoms with Crippen LogP contribution in [0.1, 0.15) is 32.1 Å². The fraction of sp³-hybridized carbons (Fsp3) is 0.391. The molecule has 2 N–H and O–H groups in total. The maximum Gasteiger partial charge on any atom is 0.240 e. The van der Waals surface area contributed by atoms with Crippen molar-refractivity contribution in [3.63, 3.8) is 0 Å². The first-order valence-corrected chi connectivity index (χ1v) is 10.2. The third-order valence-electron chi connectivity index (χ3n) is 5.79. The van der Waals surface area contributed by atoms with E-state index < -0.39 is 5.41 Å². The summed E-state index contributed by atoms with van der Waals surface area (Å²) in [5.41, 5.74) is 1.53. The summed E-state index contributed by atoms with van der Waals surface area (Å²) in [7, 11) is 1.58. The molecule has 29 heavy (non-hydrogen) atoms. The van der Waals surface area contributed by atoms with Crippen LogP contribution in [0.5, 0.6) is 5.75 Å². The molecule has 152 valence electrons. The molecular formula is C23H27N3O3. The van der Waals surface area contributed by atoms with Crippen molar-refractivity contribution in [2.24, 2.45) is 5.41 Å². The van der Waals surface area contributed by atoms with Gasteiger partial charge in [0.05, 0.1) is 7.11 Å². The van der Waals surface area contributed by atoms with Crippen LogP contribution in [0.3, 0.4) is 0 Å². The Morgan fingerprint density at radius 3 is 2.17 bits per heavy atom. The highest BCUT2D eigenvalue weighted by atomic mass is 16.5. The van der Waals surface area contributed by atoms with E-state index in [1.54, 1.807) is 25.3 Å². The van der Waals surface area contributed by atoms with Gasteiger partial charge in [0.25, 0.3) is 0 Å². The molecule has 0 radical (unpaired) electrons. The highest BCUT2D eigenvalue weighted by molar-refractivity contribution is 6.16. The first-order chi connectivity index (χ1) is 14.1. The maximum absolute atomic E-state index is 12.8. The van der Waals surface area contributed by atoms with E-state index in [2.05, 4.69) is 15.5 Å². The van der Waals surface area contributed by atoms with Crippen LogP contribution >= 0.6 is 0 Å². The van der Waals surface area contributed by atoms with Crippen LogP contribution in [-0.2, 0) is 9.59 Å². The minimum Gasteiger partial charge on any atom is -0.497 e. The smallest absolute Gasteiger partial charge is 0.240 e. The third kappa shape index (κ3) is 4.21. The Morgan fingerprint density at radius 2 is 1.55 bits per heavy atom. The number of hydrogen-bond acceptors (Lipinski definition) is 4. The zero-order chi connectivity index (χ0) is 20.3. The maximum atomic E-state index is 12.8. The number of methoxy groups -OCH3 is 1. The molecule has 0 bridgehead atoms. The molecule has 2 amide bonds. The predicted octanol–water partition coefficient (Wildman–Crippen LogP) is 4.04. The van der Waals surface area contributed by atoms with Crippen molar-refractivity contribution in [3.8, 4) is 5.75 Å². The SMILES string of the molecule is COc1cccc(NC(=O)C2(C(=O)Nc3ccc(N4CCCCC4)cc3)CC2)c1. The Hall–Kier alpha value is -3.02. The van der Waals surface area contributed by atoms with Gasteiger partial charge in [-0.3, -0.25) is 9.59 Å². The number of rotatable bonds is 6. The minimum atomic E-state index is -0.991. The second kappa shape index (κ2) is 8.15. The molecule has 0 atom stereocenters. The molecule has 6 heteroatoms. The van der Waals surface area contributed by atoms with Gasteiger partial charge in [-0.1, -0.05) is 6.07 Å². The summed E-state index contributed by atoms with van der Waals surface area (Å²) in [6, 6.07) is 15.0. The van der Waals surface area contributed by atoms with Gasteiger partial charge in [-0.15, -0.1) is 0 Å². The Balaban J connectivity index is 1.38. The van der Waals surface area contributed by atoms with Gasteiger partial charge < -0.3 is 20.3 Å². The Labute approximate surface area is 171 Å². The van der Waals surface area contributed by atoms with Gasteiger partial charge in [0.2, 0.25) is 11.8 Å². The summed E-state index contributed by atoms with van der Waals surface area (Å²) in [5, 5.41) is 5.77. The van der Waals surface area contributed by atoms with Crippen LogP contribution < -0.4 is 20.3 Å². The molecule has 1 aliphatic carbocycles. The number of nitrogens with one attached hydrogen (secondary N) is 2. The van der Waals surface area contributed by atoms with Crippen LogP contribution in [0.25, 0.3) is 0 Å². The lowest BCUT2D eigenvalue weighted by Crippen LogP contribution is -2.35. The summed E-state index contributed by atoms with van der Waals surface area (Å²) < 4.78 is 5.18. The Bertz CT molecular complexity index is 884. The average molecular weight is 393 g/mol. The number of amides is 2. The van der Waals surface area contributed by atoms with E-state index in [0.717, 1.165) is 18.8 Å². The highest BCUT2D eigenvalue weighted by Gasteiger charge is 2.56. The topological polar surface area (TPSA) is 70.7 Å². The van der Waals surface area contributed by atoms with Gasteiger partial charge in [-0.25, -0.2) is 0 Å². The molecule has 2 aliphatic rings. The largest absolute Gasteiger partial charge is 0.497 e. The summed E-state index contributed by atoms with van der Waals surface area (Å²) in [4.78, 5) is 28.0. The fourth-order valence-corrected chi connectivity index (χ4v) is 3.79. The van der Waals surface area contributed by atoms with Crippen LogP contribution in [0.4, 0.5) is 17.1 Å². The molecule has 2 fully saturated rings. The molecule has 2 aromatic carbocycles. The van der Waals surface area contributed by atoms with E-state index in [4.69, 9.17) is 4.74 Å². The lowest BCUT2D eigenvalue weighted by atomic mass is 10.0. The van der Waals surface area contributed by atoms with E-state index in [0.29, 0.717) is 24.3 Å². The molecule has 1 saturated carbocycles. The van der Waals surface area contributed by atoms with Gasteiger partial charge >= 0.3 is 0 Å². The standard InChI is InChI=1S/C23H27N3O3/c1-29-20-7-5-6-18(16-20)25-22(28)23(12-13-23)21(27)24-17-8-10-19(11-9-17)26-14-3-2-4-15-26/h5-11,16H,2-4,12-15H2,1H3,(H,24,27)(H,25,28). The first-order valence-electron chi connectivity index (χ1n) is 10.2. The second-order valence-electron chi connectivity index (χ2n) is 7.82. The average Bonchev–Trinajstić information content (AvgIpc) is 3.57. The van der Waals surface area contributed by atoms with Gasteiger partial charge in [0, 0.05) is 36.2 Å². The number of benzene rings is 2. The minimum absolute atomic E-state index is 0.247. The molecule has 1 saturated heterocycles. The number of piperidine rings is 1. The molecule has 1 heterocycles. The van der Waals surface area contributed by atoms with Crippen LogP contribution in [-0.4, -0.2) is 32.0 Å². The van der Waals surface area contributed by atoms with Crippen molar-refractivity contribution in [1.82, 2.24) is 0 Å². The van der Waals surface area contributed by atoms with Crippen molar-refractivity contribution < 1.29 is 14.3 Å². The van der Waals surface area contributed by atoms with Gasteiger partial charge in [-0.2, -0.15) is 0 Å². The lowest BCUT2D eigenvalue weighted by Gasteiger charge is -2.28.